The molecule has 5 heteroatoms. The fourth-order valence-corrected chi connectivity index (χ4v) is 1.01. The number of carbonyl (C=O) groups is 1. The molecule has 0 unspecified atom stereocenters. The van der Waals surface area contributed by atoms with Crippen molar-refractivity contribution in [3.63, 3.8) is 0 Å². The second-order valence-electron chi connectivity index (χ2n) is 2.51. The molecule has 1 atom stereocenters. The molecule has 0 bridgehead atoms. The molecule has 12 heavy (non-hydrogen) atoms. The lowest BCUT2D eigenvalue weighted by Crippen LogP contribution is -2.17. The Bertz CT molecular complexity index is 285. The minimum atomic E-state index is -1.00. The number of carboxylic acids is 1. The fourth-order valence-electron chi connectivity index (χ4n) is 0.852. The van der Waals surface area contributed by atoms with Gasteiger partial charge in [0.1, 0.15) is 5.38 Å². The van der Waals surface area contributed by atoms with Crippen LogP contribution < -0.4 is 0 Å². The lowest BCUT2D eigenvalue weighted by Gasteiger charge is -2.03. The largest absolute Gasteiger partial charge is 0.480 e. The number of imidazole rings is 1. The zero-order chi connectivity index (χ0) is 9.14. The van der Waals surface area contributed by atoms with Crippen LogP contribution in [0.4, 0.5) is 0 Å². The summed E-state index contributed by atoms with van der Waals surface area (Å²) >= 11 is 5.54. The van der Waals surface area contributed by atoms with E-state index < -0.39 is 11.3 Å². The van der Waals surface area contributed by atoms with E-state index in [-0.39, 0.29) is 0 Å². The highest BCUT2D eigenvalue weighted by Crippen LogP contribution is 2.06. The monoisotopic (exact) mass is 188 g/mol. The van der Waals surface area contributed by atoms with Crippen LogP contribution in [0.3, 0.4) is 0 Å². The number of nitrogens with zero attached hydrogens (tertiary/aromatic N) is 2. The van der Waals surface area contributed by atoms with Crippen LogP contribution in [0.15, 0.2) is 12.5 Å². The van der Waals surface area contributed by atoms with Crippen LogP contribution in [0.5, 0.6) is 0 Å². The van der Waals surface area contributed by atoms with Crippen LogP contribution in [0.2, 0.25) is 0 Å². The molecule has 0 radical (unpaired) electrons. The molecule has 0 saturated heterocycles. The van der Waals surface area contributed by atoms with Crippen LogP contribution in [0.25, 0.3) is 0 Å². The molecule has 0 aliphatic heterocycles. The number of aliphatic carboxylic acids is 1. The first-order valence-corrected chi connectivity index (χ1v) is 3.87. The Balaban J connectivity index is 2.64. The number of aryl methyl sites for hydroxylation is 1. The van der Waals surface area contributed by atoms with Gasteiger partial charge < -0.3 is 9.67 Å². The Morgan fingerprint density at radius 1 is 1.92 bits per heavy atom. The number of alkyl halides is 1. The molecule has 0 amide bonds. The predicted molar refractivity (Wildman–Crippen MR) is 44.2 cm³/mol. The second kappa shape index (κ2) is 3.58. The van der Waals surface area contributed by atoms with E-state index >= 15 is 0 Å². The van der Waals surface area contributed by atoms with E-state index in [1.165, 1.54) is 0 Å². The Morgan fingerprint density at radius 2 is 2.58 bits per heavy atom. The van der Waals surface area contributed by atoms with E-state index in [1.807, 2.05) is 0 Å². The standard InChI is InChI=1S/C7H9ClN2O2/c1-10-4-9-3-5(10)2-6(8)7(11)12/h3-4,6H,2H2,1H3,(H,11,12)/t6-/m0/s1. The highest BCUT2D eigenvalue weighted by molar-refractivity contribution is 6.29. The van der Waals surface area contributed by atoms with Crippen molar-refractivity contribution in [2.45, 2.75) is 11.8 Å². The van der Waals surface area contributed by atoms with Crippen LogP contribution in [-0.4, -0.2) is 26.0 Å². The quantitative estimate of drug-likeness (QED) is 0.709. The summed E-state index contributed by atoms with van der Waals surface area (Å²) in [5.74, 6) is -1.00. The van der Waals surface area contributed by atoms with E-state index in [2.05, 4.69) is 4.98 Å². The van der Waals surface area contributed by atoms with Crippen LogP contribution in [-0.2, 0) is 18.3 Å². The van der Waals surface area contributed by atoms with Crippen molar-refractivity contribution >= 4 is 17.6 Å². The summed E-state index contributed by atoms with van der Waals surface area (Å²) in [6, 6.07) is 0. The topological polar surface area (TPSA) is 55.1 Å². The first-order valence-electron chi connectivity index (χ1n) is 3.43. The molecular weight excluding hydrogens is 180 g/mol. The van der Waals surface area contributed by atoms with Gasteiger partial charge in [-0.05, 0) is 0 Å². The van der Waals surface area contributed by atoms with Gasteiger partial charge >= 0.3 is 5.97 Å². The molecular formula is C7H9ClN2O2. The zero-order valence-corrected chi connectivity index (χ0v) is 7.32. The average Bonchev–Trinajstić information content (AvgIpc) is 2.36. The van der Waals surface area contributed by atoms with Gasteiger partial charge in [-0.1, -0.05) is 0 Å². The van der Waals surface area contributed by atoms with Gasteiger partial charge in [0.15, 0.2) is 0 Å². The van der Waals surface area contributed by atoms with Gasteiger partial charge in [-0.2, -0.15) is 0 Å². The highest BCUT2D eigenvalue weighted by atomic mass is 35.5. The number of hydrogen-bond donors (Lipinski definition) is 1. The third-order valence-electron chi connectivity index (χ3n) is 1.57. The lowest BCUT2D eigenvalue weighted by molar-refractivity contribution is -0.136. The third-order valence-corrected chi connectivity index (χ3v) is 1.91. The zero-order valence-electron chi connectivity index (χ0n) is 6.57. The predicted octanol–water partition coefficient (Wildman–Crippen LogP) is 0.655. The summed E-state index contributed by atoms with van der Waals surface area (Å²) in [4.78, 5) is 14.2. The summed E-state index contributed by atoms with van der Waals surface area (Å²) in [5.41, 5.74) is 0.817. The molecule has 0 spiro atoms. The van der Waals surface area contributed by atoms with Gasteiger partial charge in [0.2, 0.25) is 0 Å². The molecule has 0 aromatic carbocycles. The fraction of sp³-hybridized carbons (Fsp3) is 0.429. The van der Waals surface area contributed by atoms with Crippen molar-refractivity contribution in [3.05, 3.63) is 18.2 Å². The molecule has 0 aliphatic rings. The second-order valence-corrected chi connectivity index (χ2v) is 3.03. The van der Waals surface area contributed by atoms with Crippen LogP contribution >= 0.6 is 11.6 Å². The summed E-state index contributed by atoms with van der Waals surface area (Å²) in [5, 5.41) is 7.64. The molecule has 1 rings (SSSR count). The average molecular weight is 189 g/mol. The summed E-state index contributed by atoms with van der Waals surface area (Å²) in [6.07, 6.45) is 3.52. The van der Waals surface area contributed by atoms with Crippen molar-refractivity contribution in [1.82, 2.24) is 9.55 Å². The van der Waals surface area contributed by atoms with E-state index in [0.717, 1.165) is 5.69 Å². The number of hydrogen-bond acceptors (Lipinski definition) is 2. The molecule has 0 saturated carbocycles. The van der Waals surface area contributed by atoms with Crippen LogP contribution in [0.1, 0.15) is 5.69 Å². The van der Waals surface area contributed by atoms with Gasteiger partial charge in [0.25, 0.3) is 0 Å². The van der Waals surface area contributed by atoms with Crippen LogP contribution in [0, 0.1) is 0 Å². The van der Waals surface area contributed by atoms with Crippen molar-refractivity contribution in [2.75, 3.05) is 0 Å². The Hall–Kier alpha value is -1.03. The first-order chi connectivity index (χ1) is 5.61. The van der Waals surface area contributed by atoms with Crippen molar-refractivity contribution in [3.8, 4) is 0 Å². The van der Waals surface area contributed by atoms with E-state index in [4.69, 9.17) is 16.7 Å². The first kappa shape index (κ1) is 9.06. The van der Waals surface area contributed by atoms with Gasteiger partial charge in [-0.25, -0.2) is 4.98 Å². The van der Waals surface area contributed by atoms with Gasteiger partial charge in [0, 0.05) is 25.4 Å². The molecule has 1 heterocycles. The lowest BCUT2D eigenvalue weighted by atomic mass is 10.2. The van der Waals surface area contributed by atoms with Crippen molar-refractivity contribution in [1.29, 1.82) is 0 Å². The number of halogens is 1. The number of rotatable bonds is 3. The number of carboxylic acid groups (broad SMARTS) is 1. The highest BCUT2D eigenvalue weighted by Gasteiger charge is 2.15. The SMILES string of the molecule is Cn1cncc1C[C@H](Cl)C(=O)O. The molecule has 0 fully saturated rings. The maximum atomic E-state index is 10.4. The molecule has 66 valence electrons. The number of aromatic nitrogens is 2. The molecule has 1 aromatic heterocycles. The molecule has 4 nitrogen and oxygen atoms in total. The Morgan fingerprint density at radius 3 is 3.00 bits per heavy atom. The summed E-state index contributed by atoms with van der Waals surface area (Å²) < 4.78 is 1.75. The van der Waals surface area contributed by atoms with Gasteiger partial charge in [-0.3, -0.25) is 4.79 Å². The summed E-state index contributed by atoms with van der Waals surface area (Å²) in [7, 11) is 1.80. The van der Waals surface area contributed by atoms with E-state index in [0.29, 0.717) is 6.42 Å². The molecule has 1 aromatic rings. The minimum absolute atomic E-state index is 0.299. The van der Waals surface area contributed by atoms with Crippen molar-refractivity contribution < 1.29 is 9.90 Å². The molecule has 1 N–H and O–H groups in total. The van der Waals surface area contributed by atoms with Crippen molar-refractivity contribution in [2.24, 2.45) is 7.05 Å². The normalized spacial score (nSPS) is 12.8. The Labute approximate surface area is 74.8 Å². The maximum absolute atomic E-state index is 10.4. The van der Waals surface area contributed by atoms with E-state index in [1.54, 1.807) is 24.1 Å². The van der Waals surface area contributed by atoms with E-state index in [9.17, 15) is 4.79 Å². The van der Waals surface area contributed by atoms with Gasteiger partial charge in [0.05, 0.1) is 6.33 Å². The Kier molecular flexibility index (Phi) is 2.70. The minimum Gasteiger partial charge on any atom is -0.480 e. The van der Waals surface area contributed by atoms with Gasteiger partial charge in [-0.15, -0.1) is 11.6 Å². The molecule has 0 aliphatic carbocycles. The third kappa shape index (κ3) is 1.98. The maximum Gasteiger partial charge on any atom is 0.322 e. The summed E-state index contributed by atoms with van der Waals surface area (Å²) in [6.45, 7) is 0. The smallest absolute Gasteiger partial charge is 0.322 e.